The lowest BCUT2D eigenvalue weighted by Crippen LogP contribution is -2.25. The normalized spacial score (nSPS) is 11.2. The van der Waals surface area contributed by atoms with Gasteiger partial charge in [0.25, 0.3) is 0 Å². The molecule has 0 N–H and O–H groups in total. The predicted octanol–water partition coefficient (Wildman–Crippen LogP) is 6.44. The van der Waals surface area contributed by atoms with E-state index in [0.29, 0.717) is 29.1 Å². The summed E-state index contributed by atoms with van der Waals surface area (Å²) in [5, 5.41) is 0.827. The first-order valence-electron chi connectivity index (χ1n) is 11.3. The second kappa shape index (κ2) is 10.3. The van der Waals surface area contributed by atoms with Crippen LogP contribution in [0.5, 0.6) is 5.75 Å². The minimum Gasteiger partial charge on any atom is -0.494 e. The molecule has 0 radical (unpaired) electrons. The van der Waals surface area contributed by atoms with E-state index >= 15 is 0 Å². The van der Waals surface area contributed by atoms with E-state index in [-0.39, 0.29) is 5.78 Å². The van der Waals surface area contributed by atoms with Crippen LogP contribution in [0.4, 0.5) is 0 Å². The molecule has 0 atom stereocenters. The molecule has 0 fully saturated rings. The maximum atomic E-state index is 13.5. The number of ketones is 1. The number of benzene rings is 3. The van der Waals surface area contributed by atoms with Crippen LogP contribution in [0.3, 0.4) is 0 Å². The number of carbonyl (C=O) groups is 1. The average Bonchev–Trinajstić information content (AvgIpc) is 3.24. The molecule has 0 aliphatic heterocycles. The summed E-state index contributed by atoms with van der Waals surface area (Å²) in [6.45, 7) is 8.15. The summed E-state index contributed by atoms with van der Waals surface area (Å²) in [4.78, 5) is 15.9. The standard InChI is InChI=1S/C28H29NO3/c1-3-29(4-2)19-10-20-31-23-17-15-21(16-18-23)27(30)26-24-13-8-9-14-25(24)32-28(26)22-11-6-5-7-12-22/h5-9,11-18H,3-4,10,19-20H2,1-2H3. The second-order valence-corrected chi connectivity index (χ2v) is 7.75. The summed E-state index contributed by atoms with van der Waals surface area (Å²) in [6.07, 6.45) is 0.976. The zero-order chi connectivity index (χ0) is 22.3. The second-order valence-electron chi connectivity index (χ2n) is 7.75. The van der Waals surface area contributed by atoms with E-state index in [2.05, 4.69) is 18.7 Å². The number of fused-ring (bicyclic) bond motifs is 1. The van der Waals surface area contributed by atoms with Crippen LogP contribution in [0.15, 0.2) is 83.3 Å². The van der Waals surface area contributed by atoms with Crippen molar-refractivity contribution in [3.63, 3.8) is 0 Å². The van der Waals surface area contributed by atoms with E-state index in [9.17, 15) is 4.79 Å². The van der Waals surface area contributed by atoms with Gasteiger partial charge in [-0.05, 0) is 49.8 Å². The van der Waals surface area contributed by atoms with E-state index in [0.717, 1.165) is 42.8 Å². The van der Waals surface area contributed by atoms with Gasteiger partial charge in [0.05, 0.1) is 12.2 Å². The van der Waals surface area contributed by atoms with Gasteiger partial charge < -0.3 is 14.1 Å². The Morgan fingerprint density at radius 1 is 0.875 bits per heavy atom. The molecule has 0 aliphatic carbocycles. The number of carbonyl (C=O) groups excluding carboxylic acids is 1. The molecule has 3 aromatic carbocycles. The molecule has 0 unspecified atom stereocenters. The molecule has 0 amide bonds. The van der Waals surface area contributed by atoms with E-state index in [1.807, 2.05) is 78.9 Å². The van der Waals surface area contributed by atoms with Crippen molar-refractivity contribution >= 4 is 16.8 Å². The molecule has 0 bridgehead atoms. The molecule has 164 valence electrons. The van der Waals surface area contributed by atoms with Crippen molar-refractivity contribution in [1.29, 1.82) is 0 Å². The van der Waals surface area contributed by atoms with Crippen LogP contribution in [0.2, 0.25) is 0 Å². The van der Waals surface area contributed by atoms with Gasteiger partial charge >= 0.3 is 0 Å². The van der Waals surface area contributed by atoms with Crippen molar-refractivity contribution in [2.24, 2.45) is 0 Å². The van der Waals surface area contributed by atoms with Crippen molar-refractivity contribution in [2.45, 2.75) is 20.3 Å². The monoisotopic (exact) mass is 427 g/mol. The molecule has 0 saturated carbocycles. The molecular weight excluding hydrogens is 398 g/mol. The maximum Gasteiger partial charge on any atom is 0.197 e. The van der Waals surface area contributed by atoms with Crippen molar-refractivity contribution in [3.05, 3.63) is 90.0 Å². The Morgan fingerprint density at radius 3 is 2.28 bits per heavy atom. The summed E-state index contributed by atoms with van der Waals surface area (Å²) < 4.78 is 12.0. The van der Waals surface area contributed by atoms with Gasteiger partial charge in [-0.2, -0.15) is 0 Å². The molecule has 1 heterocycles. The van der Waals surface area contributed by atoms with Crippen LogP contribution in [0.1, 0.15) is 36.2 Å². The molecular formula is C28H29NO3. The lowest BCUT2D eigenvalue weighted by atomic mass is 9.97. The van der Waals surface area contributed by atoms with Gasteiger partial charge in [-0.25, -0.2) is 0 Å². The zero-order valence-corrected chi connectivity index (χ0v) is 18.7. The molecule has 4 aromatic rings. The highest BCUT2D eigenvalue weighted by Gasteiger charge is 2.23. The molecule has 1 aromatic heterocycles. The van der Waals surface area contributed by atoms with Crippen molar-refractivity contribution in [1.82, 2.24) is 4.90 Å². The molecule has 4 heteroatoms. The van der Waals surface area contributed by atoms with Gasteiger partial charge in [-0.1, -0.05) is 62.4 Å². The fourth-order valence-electron chi connectivity index (χ4n) is 3.93. The van der Waals surface area contributed by atoms with Crippen molar-refractivity contribution in [2.75, 3.05) is 26.2 Å². The van der Waals surface area contributed by atoms with Crippen LogP contribution < -0.4 is 4.74 Å². The van der Waals surface area contributed by atoms with E-state index < -0.39 is 0 Å². The Morgan fingerprint density at radius 2 is 1.56 bits per heavy atom. The highest BCUT2D eigenvalue weighted by Crippen LogP contribution is 2.35. The number of rotatable bonds is 10. The smallest absolute Gasteiger partial charge is 0.197 e. The summed E-state index contributed by atoms with van der Waals surface area (Å²) in [6, 6.07) is 24.9. The molecule has 0 saturated heterocycles. The first-order valence-corrected chi connectivity index (χ1v) is 11.3. The molecule has 0 aliphatic rings. The number of hydrogen-bond donors (Lipinski definition) is 0. The number of hydrogen-bond acceptors (Lipinski definition) is 4. The van der Waals surface area contributed by atoms with E-state index in [1.165, 1.54) is 0 Å². The summed E-state index contributed by atoms with van der Waals surface area (Å²) in [5.41, 5.74) is 2.81. The third-order valence-electron chi connectivity index (χ3n) is 5.76. The Balaban J connectivity index is 1.53. The fourth-order valence-corrected chi connectivity index (χ4v) is 3.93. The maximum absolute atomic E-state index is 13.5. The zero-order valence-electron chi connectivity index (χ0n) is 18.7. The number of para-hydroxylation sites is 1. The highest BCUT2D eigenvalue weighted by molar-refractivity contribution is 6.19. The first kappa shape index (κ1) is 21.8. The lowest BCUT2D eigenvalue weighted by Gasteiger charge is -2.17. The Bertz CT molecular complexity index is 1160. The van der Waals surface area contributed by atoms with Gasteiger partial charge in [0.15, 0.2) is 5.78 Å². The van der Waals surface area contributed by atoms with Crippen LogP contribution in [-0.2, 0) is 0 Å². The Hall–Kier alpha value is -3.37. The average molecular weight is 428 g/mol. The third-order valence-corrected chi connectivity index (χ3v) is 5.76. The van der Waals surface area contributed by atoms with Gasteiger partial charge in [-0.3, -0.25) is 4.79 Å². The number of furan rings is 1. The molecule has 4 nitrogen and oxygen atoms in total. The summed E-state index contributed by atoms with van der Waals surface area (Å²) in [7, 11) is 0. The van der Waals surface area contributed by atoms with Crippen LogP contribution >= 0.6 is 0 Å². The topological polar surface area (TPSA) is 42.7 Å². The van der Waals surface area contributed by atoms with Crippen LogP contribution in [0, 0.1) is 0 Å². The minimum absolute atomic E-state index is 0.0538. The minimum atomic E-state index is -0.0538. The lowest BCUT2D eigenvalue weighted by molar-refractivity contribution is 0.104. The van der Waals surface area contributed by atoms with E-state index in [4.69, 9.17) is 9.15 Å². The van der Waals surface area contributed by atoms with Crippen LogP contribution in [-0.4, -0.2) is 36.9 Å². The molecule has 0 spiro atoms. The van der Waals surface area contributed by atoms with Crippen molar-refractivity contribution in [3.8, 4) is 17.1 Å². The summed E-state index contributed by atoms with van der Waals surface area (Å²) in [5.74, 6) is 1.33. The Kier molecular flexibility index (Phi) is 7.03. The third kappa shape index (κ3) is 4.76. The predicted molar refractivity (Wildman–Crippen MR) is 129 cm³/mol. The number of ether oxygens (including phenoxy) is 1. The molecule has 32 heavy (non-hydrogen) atoms. The van der Waals surface area contributed by atoms with Gasteiger partial charge in [0.2, 0.25) is 0 Å². The highest BCUT2D eigenvalue weighted by atomic mass is 16.5. The Labute approximate surface area is 189 Å². The molecule has 4 rings (SSSR count). The van der Waals surface area contributed by atoms with E-state index in [1.54, 1.807) is 0 Å². The number of nitrogens with zero attached hydrogens (tertiary/aromatic N) is 1. The fraction of sp³-hybridized carbons (Fsp3) is 0.250. The van der Waals surface area contributed by atoms with Crippen LogP contribution in [0.25, 0.3) is 22.3 Å². The quantitative estimate of drug-likeness (QED) is 0.216. The van der Waals surface area contributed by atoms with Crippen molar-refractivity contribution < 1.29 is 13.9 Å². The van der Waals surface area contributed by atoms with Gasteiger partial charge in [-0.15, -0.1) is 0 Å². The van der Waals surface area contributed by atoms with Gasteiger partial charge in [0.1, 0.15) is 17.1 Å². The first-order chi connectivity index (χ1) is 15.7. The summed E-state index contributed by atoms with van der Waals surface area (Å²) >= 11 is 0. The van der Waals surface area contributed by atoms with Gasteiger partial charge in [0, 0.05) is 23.1 Å². The largest absolute Gasteiger partial charge is 0.494 e. The SMILES string of the molecule is CCN(CC)CCCOc1ccc(C(=O)c2c(-c3ccccc3)oc3ccccc23)cc1.